The third kappa shape index (κ3) is 4.54. The fourth-order valence-electron chi connectivity index (χ4n) is 2.16. The van der Waals surface area contributed by atoms with Gasteiger partial charge in [-0.1, -0.05) is 17.7 Å². The number of anilines is 1. The molecular formula is C14H17ClN2O3S. The van der Waals surface area contributed by atoms with E-state index < -0.39 is 5.97 Å². The van der Waals surface area contributed by atoms with Crippen LogP contribution in [-0.2, 0) is 4.79 Å². The van der Waals surface area contributed by atoms with E-state index in [0.717, 1.165) is 17.9 Å². The van der Waals surface area contributed by atoms with Crippen molar-refractivity contribution in [1.29, 1.82) is 0 Å². The highest BCUT2D eigenvalue weighted by Gasteiger charge is 2.25. The van der Waals surface area contributed by atoms with Gasteiger partial charge in [-0.15, -0.1) is 0 Å². The van der Waals surface area contributed by atoms with Crippen LogP contribution in [0.3, 0.4) is 0 Å². The molecule has 2 rings (SSSR count). The van der Waals surface area contributed by atoms with E-state index in [4.69, 9.17) is 16.7 Å². The number of rotatable bonds is 3. The Labute approximate surface area is 132 Å². The summed E-state index contributed by atoms with van der Waals surface area (Å²) >= 11 is 7.75. The maximum absolute atomic E-state index is 12.6. The molecule has 0 unspecified atom stereocenters. The second-order valence-corrected chi connectivity index (χ2v) is 6.36. The van der Waals surface area contributed by atoms with Gasteiger partial charge in [0.25, 0.3) is 0 Å². The van der Waals surface area contributed by atoms with Gasteiger partial charge in [-0.05, 0) is 30.4 Å². The fourth-order valence-corrected chi connectivity index (χ4v) is 3.23. The maximum Gasteiger partial charge on any atom is 0.325 e. The molecule has 0 saturated carbocycles. The topological polar surface area (TPSA) is 60.9 Å². The van der Waals surface area contributed by atoms with Crippen LogP contribution in [0.5, 0.6) is 0 Å². The summed E-state index contributed by atoms with van der Waals surface area (Å²) in [5, 5.41) is 9.54. The molecule has 2 amide bonds. The second kappa shape index (κ2) is 7.56. The summed E-state index contributed by atoms with van der Waals surface area (Å²) in [5.41, 5.74) is 0.506. The minimum Gasteiger partial charge on any atom is -0.480 e. The van der Waals surface area contributed by atoms with Crippen molar-refractivity contribution in [1.82, 2.24) is 4.90 Å². The average molecular weight is 329 g/mol. The number of carboxylic acids is 1. The van der Waals surface area contributed by atoms with Crippen molar-refractivity contribution in [3.63, 3.8) is 0 Å². The van der Waals surface area contributed by atoms with Crippen LogP contribution in [0.15, 0.2) is 24.3 Å². The quantitative estimate of drug-likeness (QED) is 0.926. The molecule has 1 aliphatic rings. The van der Waals surface area contributed by atoms with Gasteiger partial charge in [0.1, 0.15) is 6.54 Å². The number of carbonyl (C=O) groups is 2. The summed E-state index contributed by atoms with van der Waals surface area (Å²) in [4.78, 5) is 26.7. The third-order valence-corrected chi connectivity index (χ3v) is 4.42. The Hall–Kier alpha value is -1.40. The van der Waals surface area contributed by atoms with E-state index in [1.165, 1.54) is 4.90 Å². The Bertz CT molecular complexity index is 519. The normalized spacial score (nSPS) is 15.4. The molecule has 5 nitrogen and oxygen atoms in total. The Kier molecular flexibility index (Phi) is 5.76. The molecule has 1 aromatic carbocycles. The van der Waals surface area contributed by atoms with Crippen LogP contribution in [0, 0.1) is 0 Å². The summed E-state index contributed by atoms with van der Waals surface area (Å²) in [5.74, 6) is 0.856. The van der Waals surface area contributed by atoms with E-state index in [0.29, 0.717) is 23.8 Å². The molecule has 0 bridgehead atoms. The Morgan fingerprint density at radius 3 is 2.86 bits per heavy atom. The van der Waals surface area contributed by atoms with Crippen LogP contribution in [0.1, 0.15) is 6.42 Å². The van der Waals surface area contributed by atoms with E-state index in [1.54, 1.807) is 29.2 Å². The highest BCUT2D eigenvalue weighted by atomic mass is 35.5. The third-order valence-electron chi connectivity index (χ3n) is 3.14. The molecule has 1 fully saturated rings. The number of hydrogen-bond donors (Lipinski definition) is 1. The van der Waals surface area contributed by atoms with Crippen LogP contribution in [0.2, 0.25) is 5.02 Å². The van der Waals surface area contributed by atoms with Gasteiger partial charge in [0.2, 0.25) is 0 Å². The molecule has 114 valence electrons. The first-order chi connectivity index (χ1) is 10.1. The fraction of sp³-hybridized carbons (Fsp3) is 0.429. The lowest BCUT2D eigenvalue weighted by Crippen LogP contribution is -2.46. The van der Waals surface area contributed by atoms with Crippen LogP contribution >= 0.6 is 23.4 Å². The van der Waals surface area contributed by atoms with Crippen LogP contribution in [0.4, 0.5) is 10.5 Å². The Morgan fingerprint density at radius 1 is 1.33 bits per heavy atom. The van der Waals surface area contributed by atoms with Crippen LogP contribution < -0.4 is 4.90 Å². The highest BCUT2D eigenvalue weighted by molar-refractivity contribution is 7.99. The average Bonchev–Trinajstić information content (AvgIpc) is 2.73. The van der Waals surface area contributed by atoms with Crippen LogP contribution in [0.25, 0.3) is 0 Å². The number of urea groups is 1. The lowest BCUT2D eigenvalue weighted by molar-refractivity contribution is -0.135. The molecule has 7 heteroatoms. The van der Waals surface area contributed by atoms with Crippen molar-refractivity contribution in [3.05, 3.63) is 29.3 Å². The van der Waals surface area contributed by atoms with Crippen molar-refractivity contribution < 1.29 is 14.7 Å². The summed E-state index contributed by atoms with van der Waals surface area (Å²) in [6.07, 6.45) is 0.923. The summed E-state index contributed by atoms with van der Waals surface area (Å²) in [6, 6.07) is 6.42. The first-order valence-electron chi connectivity index (χ1n) is 6.69. The number of amides is 2. The van der Waals surface area contributed by atoms with E-state index in [1.807, 2.05) is 11.8 Å². The summed E-state index contributed by atoms with van der Waals surface area (Å²) in [7, 11) is 0. The number of carboxylic acid groups (broad SMARTS) is 1. The monoisotopic (exact) mass is 328 g/mol. The summed E-state index contributed by atoms with van der Waals surface area (Å²) < 4.78 is 0. The first-order valence-corrected chi connectivity index (χ1v) is 8.23. The number of halogens is 1. The number of aliphatic carboxylic acids is 1. The van der Waals surface area contributed by atoms with Gasteiger partial charge in [0, 0.05) is 29.6 Å². The van der Waals surface area contributed by atoms with Gasteiger partial charge in [0.05, 0.1) is 0 Å². The predicted molar refractivity (Wildman–Crippen MR) is 85.3 cm³/mol. The minimum absolute atomic E-state index is 0.276. The maximum atomic E-state index is 12.6. The lowest BCUT2D eigenvalue weighted by atomic mass is 10.3. The Balaban J connectivity index is 2.22. The zero-order chi connectivity index (χ0) is 15.2. The number of benzene rings is 1. The minimum atomic E-state index is -1.05. The SMILES string of the molecule is O=C(O)CN(C(=O)N1CCCSCC1)c1cccc(Cl)c1. The van der Waals surface area contributed by atoms with Gasteiger partial charge in [0.15, 0.2) is 0 Å². The number of hydrogen-bond acceptors (Lipinski definition) is 3. The van der Waals surface area contributed by atoms with E-state index in [-0.39, 0.29) is 12.6 Å². The van der Waals surface area contributed by atoms with Crippen molar-refractivity contribution in [2.24, 2.45) is 0 Å². The molecule has 21 heavy (non-hydrogen) atoms. The second-order valence-electron chi connectivity index (χ2n) is 4.70. The van der Waals surface area contributed by atoms with Gasteiger partial charge >= 0.3 is 12.0 Å². The molecule has 0 spiro atoms. The number of nitrogens with zero attached hydrogens (tertiary/aromatic N) is 2. The molecule has 0 aromatic heterocycles. The molecule has 1 N–H and O–H groups in total. The zero-order valence-electron chi connectivity index (χ0n) is 11.5. The molecule has 1 saturated heterocycles. The standard InChI is InChI=1S/C14H17ClN2O3S/c15-11-3-1-4-12(9-11)17(10-13(18)19)14(20)16-5-2-7-21-8-6-16/h1,3-4,9H,2,5-8,10H2,(H,18,19). The number of carbonyl (C=O) groups excluding carboxylic acids is 1. The van der Waals surface area contributed by atoms with E-state index >= 15 is 0 Å². The zero-order valence-corrected chi connectivity index (χ0v) is 13.1. The van der Waals surface area contributed by atoms with Gasteiger partial charge < -0.3 is 10.0 Å². The van der Waals surface area contributed by atoms with Gasteiger partial charge in [-0.2, -0.15) is 11.8 Å². The van der Waals surface area contributed by atoms with E-state index in [2.05, 4.69) is 0 Å². The molecule has 1 aromatic rings. The highest BCUT2D eigenvalue weighted by Crippen LogP contribution is 2.21. The van der Waals surface area contributed by atoms with Crippen molar-refractivity contribution in [3.8, 4) is 0 Å². The number of thioether (sulfide) groups is 1. The lowest BCUT2D eigenvalue weighted by Gasteiger charge is -2.28. The largest absolute Gasteiger partial charge is 0.480 e. The van der Waals surface area contributed by atoms with E-state index in [9.17, 15) is 9.59 Å². The summed E-state index contributed by atoms with van der Waals surface area (Å²) in [6.45, 7) is 0.922. The van der Waals surface area contributed by atoms with Crippen molar-refractivity contribution in [2.45, 2.75) is 6.42 Å². The smallest absolute Gasteiger partial charge is 0.325 e. The van der Waals surface area contributed by atoms with Crippen LogP contribution in [-0.4, -0.2) is 53.1 Å². The first kappa shape index (κ1) is 16.0. The Morgan fingerprint density at radius 2 is 2.14 bits per heavy atom. The molecule has 0 atom stereocenters. The molecule has 1 aliphatic heterocycles. The molecule has 1 heterocycles. The molecule has 0 aliphatic carbocycles. The molecule has 0 radical (unpaired) electrons. The van der Waals surface area contributed by atoms with Crippen molar-refractivity contribution >= 4 is 41.1 Å². The van der Waals surface area contributed by atoms with Gasteiger partial charge in [-0.25, -0.2) is 4.79 Å². The van der Waals surface area contributed by atoms with Crippen molar-refractivity contribution in [2.75, 3.05) is 36.0 Å². The molecular weight excluding hydrogens is 312 g/mol. The van der Waals surface area contributed by atoms with Gasteiger partial charge in [-0.3, -0.25) is 9.69 Å². The predicted octanol–water partition coefficient (Wildman–Crippen LogP) is 2.79.